The largest absolute Gasteiger partial charge is 0.447 e. The number of ether oxygens (including phenoxy) is 2. The highest BCUT2D eigenvalue weighted by Crippen LogP contribution is 2.22. The minimum absolute atomic E-state index is 0.0188. The van der Waals surface area contributed by atoms with E-state index in [-0.39, 0.29) is 24.2 Å². The number of alkyl carbamates (subject to hydrolysis) is 1. The zero-order valence-corrected chi connectivity index (χ0v) is 9.88. The fourth-order valence-corrected chi connectivity index (χ4v) is 3.82. The number of nitrogens with one attached hydrogen (secondary N) is 1. The predicted octanol–water partition coefficient (Wildman–Crippen LogP) is -0.311. The Labute approximate surface area is 94.2 Å². The summed E-state index contributed by atoms with van der Waals surface area (Å²) in [6.07, 6.45) is -0.120. The molecule has 2 aliphatic heterocycles. The molecule has 2 fully saturated rings. The Morgan fingerprint density at radius 2 is 2.31 bits per heavy atom. The van der Waals surface area contributed by atoms with Crippen LogP contribution in [0, 0.1) is 0 Å². The molecule has 92 valence electrons. The molecule has 2 saturated heterocycles. The van der Waals surface area contributed by atoms with Crippen LogP contribution in [0.25, 0.3) is 0 Å². The first-order valence-corrected chi connectivity index (χ1v) is 6.98. The molecule has 2 aliphatic rings. The van der Waals surface area contributed by atoms with Crippen LogP contribution in [-0.4, -0.2) is 50.9 Å². The Morgan fingerprint density at radius 3 is 2.81 bits per heavy atom. The molecule has 2 atom stereocenters. The molecular weight excluding hydrogens is 234 g/mol. The lowest BCUT2D eigenvalue weighted by molar-refractivity contribution is 0.127. The number of carbonyl (C=O) groups excluding carboxylic acids is 1. The van der Waals surface area contributed by atoms with Gasteiger partial charge >= 0.3 is 6.09 Å². The molecule has 2 heterocycles. The van der Waals surface area contributed by atoms with Crippen molar-refractivity contribution < 1.29 is 22.7 Å². The van der Waals surface area contributed by atoms with Gasteiger partial charge in [0.05, 0.1) is 23.7 Å². The zero-order chi connectivity index (χ0) is 11.8. The van der Waals surface area contributed by atoms with Gasteiger partial charge in [-0.3, -0.25) is 0 Å². The van der Waals surface area contributed by atoms with E-state index in [1.807, 2.05) is 0 Å². The van der Waals surface area contributed by atoms with Gasteiger partial charge in [-0.15, -0.1) is 0 Å². The molecule has 7 heteroatoms. The number of sulfone groups is 1. The molecule has 0 radical (unpaired) electrons. The van der Waals surface area contributed by atoms with Crippen molar-refractivity contribution >= 4 is 15.9 Å². The summed E-state index contributed by atoms with van der Waals surface area (Å²) in [7, 11) is -3.01. The van der Waals surface area contributed by atoms with Crippen molar-refractivity contribution in [3.8, 4) is 0 Å². The summed E-state index contributed by atoms with van der Waals surface area (Å²) in [6, 6.07) is 0. The molecule has 0 aromatic carbocycles. The third-order valence-electron chi connectivity index (χ3n) is 2.71. The van der Waals surface area contributed by atoms with E-state index in [9.17, 15) is 13.2 Å². The molecule has 1 amide bonds. The van der Waals surface area contributed by atoms with Gasteiger partial charge in [-0.25, -0.2) is 13.2 Å². The summed E-state index contributed by atoms with van der Waals surface area (Å²) in [4.78, 5) is 11.4. The SMILES string of the molecule is C[C@]1(NC(=O)OC[C@@H]2CO2)CCS(=O)(=O)C1. The Balaban J connectivity index is 1.81. The van der Waals surface area contributed by atoms with Crippen molar-refractivity contribution in [3.05, 3.63) is 0 Å². The first kappa shape index (κ1) is 11.7. The number of hydrogen-bond acceptors (Lipinski definition) is 5. The Kier molecular flexibility index (Phi) is 2.83. The smallest absolute Gasteiger partial charge is 0.407 e. The summed E-state index contributed by atoms with van der Waals surface area (Å²) in [5.41, 5.74) is -0.694. The maximum atomic E-state index is 11.4. The van der Waals surface area contributed by atoms with Gasteiger partial charge in [-0.2, -0.15) is 0 Å². The fourth-order valence-electron chi connectivity index (χ4n) is 1.72. The second kappa shape index (κ2) is 3.89. The minimum Gasteiger partial charge on any atom is -0.447 e. The van der Waals surface area contributed by atoms with Crippen molar-refractivity contribution in [2.45, 2.75) is 25.0 Å². The molecule has 2 rings (SSSR count). The monoisotopic (exact) mass is 249 g/mol. The maximum absolute atomic E-state index is 11.4. The van der Waals surface area contributed by atoms with E-state index in [1.165, 1.54) is 0 Å². The van der Waals surface area contributed by atoms with E-state index in [4.69, 9.17) is 9.47 Å². The topological polar surface area (TPSA) is 85.0 Å². The summed E-state index contributed by atoms with van der Waals surface area (Å²) >= 11 is 0. The highest BCUT2D eigenvalue weighted by molar-refractivity contribution is 7.91. The van der Waals surface area contributed by atoms with Crippen LogP contribution in [0.15, 0.2) is 0 Å². The molecule has 0 spiro atoms. The molecule has 0 aliphatic carbocycles. The number of hydrogen-bond donors (Lipinski definition) is 1. The number of carbonyl (C=O) groups is 1. The average Bonchev–Trinajstić information content (AvgIpc) is 2.90. The quantitative estimate of drug-likeness (QED) is 0.693. The normalized spacial score (nSPS) is 35.7. The van der Waals surface area contributed by atoms with Crippen molar-refractivity contribution in [3.63, 3.8) is 0 Å². The van der Waals surface area contributed by atoms with Crippen molar-refractivity contribution in [1.82, 2.24) is 5.32 Å². The maximum Gasteiger partial charge on any atom is 0.407 e. The summed E-state index contributed by atoms with van der Waals surface area (Å²) in [6.45, 7) is 2.57. The Morgan fingerprint density at radius 1 is 1.62 bits per heavy atom. The van der Waals surface area contributed by atoms with Crippen LogP contribution in [0.1, 0.15) is 13.3 Å². The highest BCUT2D eigenvalue weighted by Gasteiger charge is 2.40. The van der Waals surface area contributed by atoms with Crippen LogP contribution in [0.3, 0.4) is 0 Å². The number of epoxide rings is 1. The Hall–Kier alpha value is -0.820. The van der Waals surface area contributed by atoms with Gasteiger partial charge in [-0.05, 0) is 13.3 Å². The third kappa shape index (κ3) is 3.08. The van der Waals surface area contributed by atoms with Crippen molar-refractivity contribution in [1.29, 1.82) is 0 Å². The Bertz CT molecular complexity index is 389. The van der Waals surface area contributed by atoms with E-state index in [0.29, 0.717) is 13.0 Å². The first-order chi connectivity index (χ1) is 7.39. The minimum atomic E-state index is -3.01. The second-order valence-corrected chi connectivity index (χ2v) is 6.77. The van der Waals surface area contributed by atoms with E-state index < -0.39 is 21.5 Å². The third-order valence-corrected chi connectivity index (χ3v) is 4.61. The van der Waals surface area contributed by atoms with Gasteiger partial charge in [0.1, 0.15) is 12.7 Å². The highest BCUT2D eigenvalue weighted by atomic mass is 32.2. The fraction of sp³-hybridized carbons (Fsp3) is 0.889. The molecule has 1 N–H and O–H groups in total. The first-order valence-electron chi connectivity index (χ1n) is 5.16. The van der Waals surface area contributed by atoms with Crippen LogP contribution >= 0.6 is 0 Å². The molecule has 0 saturated carbocycles. The van der Waals surface area contributed by atoms with E-state index in [1.54, 1.807) is 6.92 Å². The predicted molar refractivity (Wildman–Crippen MR) is 55.9 cm³/mol. The van der Waals surface area contributed by atoms with Gasteiger partial charge in [0.15, 0.2) is 9.84 Å². The summed E-state index contributed by atoms with van der Waals surface area (Å²) in [5, 5.41) is 2.60. The van der Waals surface area contributed by atoms with Gasteiger partial charge < -0.3 is 14.8 Å². The second-order valence-electron chi connectivity index (χ2n) is 4.58. The van der Waals surface area contributed by atoms with E-state index >= 15 is 0 Å². The number of rotatable bonds is 3. The van der Waals surface area contributed by atoms with Gasteiger partial charge in [-0.1, -0.05) is 0 Å². The van der Waals surface area contributed by atoms with E-state index in [2.05, 4.69) is 5.32 Å². The molecule has 6 nitrogen and oxygen atoms in total. The lowest BCUT2D eigenvalue weighted by Gasteiger charge is -2.23. The molecule has 16 heavy (non-hydrogen) atoms. The van der Waals surface area contributed by atoms with Crippen LogP contribution in [0.2, 0.25) is 0 Å². The molecule has 0 unspecified atom stereocenters. The zero-order valence-electron chi connectivity index (χ0n) is 9.06. The van der Waals surface area contributed by atoms with Crippen LogP contribution in [0.4, 0.5) is 4.79 Å². The van der Waals surface area contributed by atoms with Crippen LogP contribution < -0.4 is 5.32 Å². The van der Waals surface area contributed by atoms with Gasteiger partial charge in [0, 0.05) is 0 Å². The van der Waals surface area contributed by atoms with Gasteiger partial charge in [0.25, 0.3) is 0 Å². The molecule has 0 aromatic rings. The van der Waals surface area contributed by atoms with E-state index in [0.717, 1.165) is 0 Å². The van der Waals surface area contributed by atoms with Crippen LogP contribution in [0.5, 0.6) is 0 Å². The molecular formula is C9H15NO5S. The standard InChI is InChI=1S/C9H15NO5S/c1-9(2-3-16(12,13)6-9)10-8(11)15-5-7-4-14-7/h7H,2-6H2,1H3,(H,10,11)/t7-,9-/m0/s1. The average molecular weight is 249 g/mol. The lowest BCUT2D eigenvalue weighted by Crippen LogP contribution is -2.47. The van der Waals surface area contributed by atoms with Crippen LogP contribution in [-0.2, 0) is 19.3 Å². The molecule has 0 aromatic heterocycles. The lowest BCUT2D eigenvalue weighted by atomic mass is 10.0. The number of amides is 1. The molecule has 0 bridgehead atoms. The van der Waals surface area contributed by atoms with Crippen molar-refractivity contribution in [2.24, 2.45) is 0 Å². The summed E-state index contributed by atoms with van der Waals surface area (Å²) in [5.74, 6) is 0.102. The van der Waals surface area contributed by atoms with Gasteiger partial charge in [0.2, 0.25) is 0 Å². The summed E-state index contributed by atoms with van der Waals surface area (Å²) < 4.78 is 32.4. The van der Waals surface area contributed by atoms with Crippen molar-refractivity contribution in [2.75, 3.05) is 24.7 Å².